The number of ether oxygens (including phenoxy) is 2. The third-order valence-corrected chi connectivity index (χ3v) is 5.68. The molecule has 4 heterocycles. The Bertz CT molecular complexity index is 1450. The van der Waals surface area contributed by atoms with Crippen LogP contribution in [0.1, 0.15) is 6.42 Å². The molecule has 0 amide bonds. The van der Waals surface area contributed by atoms with Crippen LogP contribution < -0.4 is 10.4 Å². The van der Waals surface area contributed by atoms with Gasteiger partial charge in [0.25, 0.3) is 0 Å². The van der Waals surface area contributed by atoms with Gasteiger partial charge in [0.2, 0.25) is 0 Å². The largest absolute Gasteiger partial charge is 0.496 e. The Labute approximate surface area is 177 Å². The first-order valence-corrected chi connectivity index (χ1v) is 9.88. The number of hydrogen-bond acceptors (Lipinski definition) is 6. The van der Waals surface area contributed by atoms with Crippen molar-refractivity contribution < 1.29 is 9.47 Å². The molecule has 4 aromatic rings. The molecule has 5 rings (SSSR count). The highest BCUT2D eigenvalue weighted by atomic mass is 16.5. The van der Waals surface area contributed by atoms with E-state index in [0.29, 0.717) is 24.5 Å². The first-order valence-electron chi connectivity index (χ1n) is 9.88. The van der Waals surface area contributed by atoms with Gasteiger partial charge in [-0.15, -0.1) is 0 Å². The van der Waals surface area contributed by atoms with Crippen molar-refractivity contribution in [3.8, 4) is 16.9 Å². The first kappa shape index (κ1) is 19.1. The molecule has 0 saturated heterocycles. The smallest absolute Gasteiger partial charge is 0.333 e. The number of rotatable bonds is 4. The van der Waals surface area contributed by atoms with E-state index in [1.807, 2.05) is 25.4 Å². The molecule has 3 aromatic heterocycles. The van der Waals surface area contributed by atoms with Crippen molar-refractivity contribution in [1.29, 1.82) is 0 Å². The highest BCUT2D eigenvalue weighted by Crippen LogP contribution is 2.36. The van der Waals surface area contributed by atoms with Crippen LogP contribution >= 0.6 is 0 Å². The number of aryl methyl sites for hydroxylation is 2. The molecule has 0 saturated carbocycles. The number of methoxy groups -OCH3 is 2. The van der Waals surface area contributed by atoms with Gasteiger partial charge in [0.15, 0.2) is 5.76 Å². The fraction of sp³-hybridized carbons (Fsp3) is 0.273. The lowest BCUT2D eigenvalue weighted by Crippen LogP contribution is -2.24. The van der Waals surface area contributed by atoms with Crippen LogP contribution in [0.2, 0.25) is 0 Å². The van der Waals surface area contributed by atoms with E-state index in [-0.39, 0.29) is 5.69 Å². The Morgan fingerprint density at radius 3 is 2.65 bits per heavy atom. The van der Waals surface area contributed by atoms with E-state index in [1.165, 1.54) is 0 Å². The van der Waals surface area contributed by atoms with Crippen molar-refractivity contribution in [1.82, 2.24) is 23.9 Å². The molecule has 0 unspecified atom stereocenters. The lowest BCUT2D eigenvalue weighted by molar-refractivity contribution is 0.315. The van der Waals surface area contributed by atoms with Gasteiger partial charge in [0.1, 0.15) is 5.75 Å². The number of aliphatic imine (C=N–C) groups is 1. The summed E-state index contributed by atoms with van der Waals surface area (Å²) in [5.74, 6) is 1.28. The quantitative estimate of drug-likeness (QED) is 0.508. The Balaban J connectivity index is 1.92. The van der Waals surface area contributed by atoms with Crippen LogP contribution in [0, 0.1) is 0 Å². The fourth-order valence-corrected chi connectivity index (χ4v) is 4.14. The second-order valence-electron chi connectivity index (χ2n) is 7.44. The van der Waals surface area contributed by atoms with Gasteiger partial charge in [-0.2, -0.15) is 5.10 Å². The van der Waals surface area contributed by atoms with Crippen LogP contribution in [0.25, 0.3) is 38.8 Å². The van der Waals surface area contributed by atoms with Gasteiger partial charge in [-0.05, 0) is 6.07 Å². The molecule has 0 aliphatic carbocycles. The molecule has 158 valence electrons. The summed E-state index contributed by atoms with van der Waals surface area (Å²) >= 11 is 0. The normalized spacial score (nSPS) is 14.1. The number of nitrogens with zero attached hydrogens (tertiary/aromatic N) is 6. The highest BCUT2D eigenvalue weighted by molar-refractivity contribution is 6.06. The zero-order valence-corrected chi connectivity index (χ0v) is 17.8. The van der Waals surface area contributed by atoms with Gasteiger partial charge in [0.05, 0.1) is 55.1 Å². The van der Waals surface area contributed by atoms with E-state index in [2.05, 4.69) is 15.1 Å². The zero-order chi connectivity index (χ0) is 21.7. The molecule has 0 spiro atoms. The Kier molecular flexibility index (Phi) is 4.39. The SMILES string of the molecule is COC1=C(n2c(=O)n(C)c3cnc4cc(OC)c(-c5cnn(C)c5)cc4c32)CCN=C1. The van der Waals surface area contributed by atoms with Crippen molar-refractivity contribution >= 4 is 33.8 Å². The van der Waals surface area contributed by atoms with Gasteiger partial charge in [-0.25, -0.2) is 4.79 Å². The maximum Gasteiger partial charge on any atom is 0.333 e. The maximum absolute atomic E-state index is 13.3. The van der Waals surface area contributed by atoms with E-state index < -0.39 is 0 Å². The second-order valence-corrected chi connectivity index (χ2v) is 7.44. The van der Waals surface area contributed by atoms with Crippen LogP contribution in [0.15, 0.2) is 46.3 Å². The minimum absolute atomic E-state index is 0.150. The molecule has 0 fully saturated rings. The molecule has 1 aliphatic heterocycles. The summed E-state index contributed by atoms with van der Waals surface area (Å²) in [4.78, 5) is 22.2. The fourth-order valence-electron chi connectivity index (χ4n) is 4.14. The van der Waals surface area contributed by atoms with Gasteiger partial charge in [0, 0.05) is 55.8 Å². The minimum atomic E-state index is -0.150. The number of aromatic nitrogens is 5. The predicted molar refractivity (Wildman–Crippen MR) is 119 cm³/mol. The lowest BCUT2D eigenvalue weighted by atomic mass is 10.0. The number of allylic oxidation sites excluding steroid dienone is 1. The third kappa shape index (κ3) is 2.84. The molecule has 0 bridgehead atoms. The molecule has 9 nitrogen and oxygen atoms in total. The average Bonchev–Trinajstić information content (AvgIpc) is 3.34. The summed E-state index contributed by atoms with van der Waals surface area (Å²) in [7, 11) is 6.85. The molecule has 9 heteroatoms. The highest BCUT2D eigenvalue weighted by Gasteiger charge is 2.22. The van der Waals surface area contributed by atoms with Gasteiger partial charge >= 0.3 is 5.69 Å². The van der Waals surface area contributed by atoms with E-state index in [9.17, 15) is 4.79 Å². The monoisotopic (exact) mass is 418 g/mol. The maximum atomic E-state index is 13.3. The van der Waals surface area contributed by atoms with Crippen molar-refractivity contribution in [2.24, 2.45) is 19.1 Å². The predicted octanol–water partition coefficient (Wildman–Crippen LogP) is 2.59. The molecule has 1 aromatic carbocycles. The minimum Gasteiger partial charge on any atom is -0.496 e. The molecular weight excluding hydrogens is 396 g/mol. The van der Waals surface area contributed by atoms with Crippen LogP contribution in [0.5, 0.6) is 5.75 Å². The van der Waals surface area contributed by atoms with Crippen molar-refractivity contribution in [3.63, 3.8) is 0 Å². The number of pyridine rings is 1. The van der Waals surface area contributed by atoms with E-state index >= 15 is 0 Å². The number of fused-ring (bicyclic) bond motifs is 3. The molecular formula is C22H22N6O3. The molecule has 31 heavy (non-hydrogen) atoms. The molecule has 0 N–H and O–H groups in total. The third-order valence-electron chi connectivity index (χ3n) is 5.68. The summed E-state index contributed by atoms with van der Waals surface area (Å²) in [6.07, 6.45) is 7.73. The summed E-state index contributed by atoms with van der Waals surface area (Å²) in [5.41, 5.74) is 4.70. The van der Waals surface area contributed by atoms with Gasteiger partial charge in [-0.1, -0.05) is 0 Å². The summed E-state index contributed by atoms with van der Waals surface area (Å²) in [6, 6.07) is 3.91. The Morgan fingerprint density at radius 2 is 1.94 bits per heavy atom. The summed E-state index contributed by atoms with van der Waals surface area (Å²) < 4.78 is 16.3. The van der Waals surface area contributed by atoms with Gasteiger partial charge < -0.3 is 9.47 Å². The van der Waals surface area contributed by atoms with Crippen molar-refractivity contribution in [2.45, 2.75) is 6.42 Å². The topological polar surface area (TPSA) is 88.5 Å². The van der Waals surface area contributed by atoms with Crippen molar-refractivity contribution in [2.75, 3.05) is 20.8 Å². The number of benzene rings is 1. The van der Waals surface area contributed by atoms with E-state index in [4.69, 9.17) is 9.47 Å². The number of imidazole rings is 1. The van der Waals surface area contributed by atoms with Crippen molar-refractivity contribution in [3.05, 3.63) is 47.0 Å². The average molecular weight is 418 g/mol. The molecule has 0 atom stereocenters. The number of dihydropyridines is 1. The second kappa shape index (κ2) is 7.12. The first-order chi connectivity index (χ1) is 15.0. The summed E-state index contributed by atoms with van der Waals surface area (Å²) in [5, 5.41) is 5.14. The van der Waals surface area contributed by atoms with Crippen LogP contribution in [-0.4, -0.2) is 50.9 Å². The van der Waals surface area contributed by atoms with Crippen LogP contribution in [0.4, 0.5) is 0 Å². The Hall–Kier alpha value is -3.88. The molecule has 0 radical (unpaired) electrons. The van der Waals surface area contributed by atoms with E-state index in [1.54, 1.807) is 53.7 Å². The van der Waals surface area contributed by atoms with Crippen LogP contribution in [0.3, 0.4) is 0 Å². The lowest BCUT2D eigenvalue weighted by Gasteiger charge is -2.16. The number of hydrogen-bond donors (Lipinski definition) is 0. The van der Waals surface area contributed by atoms with Gasteiger partial charge in [-0.3, -0.25) is 23.8 Å². The Morgan fingerprint density at radius 1 is 1.10 bits per heavy atom. The summed E-state index contributed by atoms with van der Waals surface area (Å²) in [6.45, 7) is 0.600. The standard InChI is InChI=1S/C22H22N6O3/c1-26-12-13(9-25-26)14-7-15-16(8-19(14)30-3)24-10-18-21(15)28(22(29)27(18)2)17-5-6-23-11-20(17)31-4/h7-12H,5-6H2,1-4H3. The van der Waals surface area contributed by atoms with Crippen LogP contribution in [-0.2, 0) is 18.8 Å². The van der Waals surface area contributed by atoms with E-state index in [0.717, 1.165) is 38.8 Å². The zero-order valence-electron chi connectivity index (χ0n) is 17.8. The molecule has 1 aliphatic rings.